The molecule has 2 heterocycles. The quantitative estimate of drug-likeness (QED) is 0.867. The highest BCUT2D eigenvalue weighted by Crippen LogP contribution is 2.45. The Hall–Kier alpha value is -2.17. The van der Waals surface area contributed by atoms with Crippen molar-refractivity contribution in [2.45, 2.75) is 25.5 Å². The number of carbonyl (C=O) groups excluding carboxylic acids is 1. The number of benzene rings is 2. The van der Waals surface area contributed by atoms with E-state index in [1.807, 2.05) is 47.4 Å². The van der Waals surface area contributed by atoms with E-state index < -0.39 is 5.60 Å². The average molecular weight is 322 g/mol. The first kappa shape index (κ1) is 15.4. The number of fused-ring (bicyclic) bond motifs is 2. The van der Waals surface area contributed by atoms with Crippen LogP contribution in [0.3, 0.4) is 0 Å². The molecule has 1 amide bonds. The number of amides is 1. The van der Waals surface area contributed by atoms with Crippen LogP contribution in [0.1, 0.15) is 24.5 Å². The van der Waals surface area contributed by atoms with E-state index in [1.54, 1.807) is 0 Å². The zero-order chi connectivity index (χ0) is 16.6. The number of anilines is 1. The van der Waals surface area contributed by atoms with E-state index in [-0.39, 0.29) is 5.91 Å². The summed E-state index contributed by atoms with van der Waals surface area (Å²) in [4.78, 5) is 17.2. The van der Waals surface area contributed by atoms with Crippen molar-refractivity contribution >= 4 is 11.6 Å². The minimum atomic E-state index is -0.833. The topological polar surface area (TPSA) is 32.8 Å². The molecule has 0 aromatic heterocycles. The smallest absolute Gasteiger partial charge is 0.265 e. The second kappa shape index (κ2) is 6.04. The van der Waals surface area contributed by atoms with Gasteiger partial charge in [-0.2, -0.15) is 0 Å². The van der Waals surface area contributed by atoms with E-state index in [4.69, 9.17) is 4.74 Å². The van der Waals surface area contributed by atoms with Crippen molar-refractivity contribution in [2.75, 3.05) is 24.7 Å². The number of hydrogen-bond acceptors (Lipinski definition) is 3. The van der Waals surface area contributed by atoms with Gasteiger partial charge in [-0.05, 0) is 18.1 Å². The summed E-state index contributed by atoms with van der Waals surface area (Å²) in [5.74, 6) is 0.0844. The lowest BCUT2D eigenvalue weighted by Gasteiger charge is -2.23. The molecule has 4 nitrogen and oxygen atoms in total. The van der Waals surface area contributed by atoms with Crippen LogP contribution in [-0.2, 0) is 21.7 Å². The fraction of sp³-hybridized carbons (Fsp3) is 0.350. The van der Waals surface area contributed by atoms with Gasteiger partial charge in [0.25, 0.3) is 5.91 Å². The van der Waals surface area contributed by atoms with Crippen LogP contribution < -0.4 is 4.90 Å². The van der Waals surface area contributed by atoms with Crippen LogP contribution in [0.2, 0.25) is 0 Å². The average Bonchev–Trinajstić information content (AvgIpc) is 3.13. The molecular weight excluding hydrogens is 300 g/mol. The summed E-state index contributed by atoms with van der Waals surface area (Å²) in [5, 5.41) is 0. The molecule has 0 bridgehead atoms. The van der Waals surface area contributed by atoms with Gasteiger partial charge in [-0.15, -0.1) is 0 Å². The lowest BCUT2D eigenvalue weighted by atomic mass is 9.95. The van der Waals surface area contributed by atoms with Gasteiger partial charge in [0.05, 0.1) is 5.69 Å². The standard InChI is InChI=1S/C20H22N2O2/c1-2-12-22-18-11-7-6-10-17(18)20(19(22)23)14-21(15-24-20)13-16-8-4-3-5-9-16/h3-11H,2,12-15H2,1H3. The van der Waals surface area contributed by atoms with Crippen molar-refractivity contribution in [3.63, 3.8) is 0 Å². The van der Waals surface area contributed by atoms with Crippen LogP contribution in [0.15, 0.2) is 54.6 Å². The van der Waals surface area contributed by atoms with Crippen LogP contribution in [0.4, 0.5) is 5.69 Å². The van der Waals surface area contributed by atoms with Crippen molar-refractivity contribution < 1.29 is 9.53 Å². The van der Waals surface area contributed by atoms with E-state index in [0.29, 0.717) is 13.3 Å². The number of rotatable bonds is 4. The molecule has 0 aliphatic carbocycles. The third kappa shape index (κ3) is 2.34. The molecule has 4 rings (SSSR count). The van der Waals surface area contributed by atoms with Gasteiger partial charge < -0.3 is 9.64 Å². The van der Waals surface area contributed by atoms with Gasteiger partial charge in [0.2, 0.25) is 0 Å². The highest BCUT2D eigenvalue weighted by Gasteiger charge is 2.55. The van der Waals surface area contributed by atoms with Gasteiger partial charge in [0, 0.05) is 25.2 Å². The van der Waals surface area contributed by atoms with Gasteiger partial charge in [-0.3, -0.25) is 9.69 Å². The van der Waals surface area contributed by atoms with Crippen LogP contribution in [0.25, 0.3) is 0 Å². The number of ether oxygens (including phenoxy) is 1. The molecule has 2 aromatic rings. The highest BCUT2D eigenvalue weighted by atomic mass is 16.5. The highest BCUT2D eigenvalue weighted by molar-refractivity contribution is 6.07. The van der Waals surface area contributed by atoms with Gasteiger partial charge in [-0.25, -0.2) is 0 Å². The fourth-order valence-electron chi connectivity index (χ4n) is 3.78. The Bertz CT molecular complexity index is 746. The van der Waals surface area contributed by atoms with E-state index in [0.717, 1.165) is 30.8 Å². The molecule has 1 saturated heterocycles. The van der Waals surface area contributed by atoms with Crippen molar-refractivity contribution in [3.8, 4) is 0 Å². The predicted octanol–water partition coefficient (Wildman–Crippen LogP) is 3.13. The molecular formula is C20H22N2O2. The number of hydrogen-bond donors (Lipinski definition) is 0. The first-order valence-electron chi connectivity index (χ1n) is 8.56. The molecule has 2 aliphatic heterocycles. The van der Waals surface area contributed by atoms with Gasteiger partial charge >= 0.3 is 0 Å². The lowest BCUT2D eigenvalue weighted by Crippen LogP contribution is -2.43. The Morgan fingerprint density at radius 3 is 2.62 bits per heavy atom. The minimum absolute atomic E-state index is 0.0844. The molecule has 1 unspecified atom stereocenters. The molecule has 4 heteroatoms. The molecule has 124 valence electrons. The Labute approximate surface area is 142 Å². The van der Waals surface area contributed by atoms with Crippen molar-refractivity contribution in [1.29, 1.82) is 0 Å². The predicted molar refractivity (Wildman–Crippen MR) is 93.6 cm³/mol. The van der Waals surface area contributed by atoms with Crippen molar-refractivity contribution in [3.05, 3.63) is 65.7 Å². The SMILES string of the molecule is CCCN1C(=O)C2(CN(Cc3ccccc3)CO2)c2ccccc21. The molecule has 0 radical (unpaired) electrons. The maximum Gasteiger partial charge on any atom is 0.265 e. The maximum atomic E-state index is 13.1. The van der Waals surface area contributed by atoms with Crippen LogP contribution >= 0.6 is 0 Å². The fourth-order valence-corrected chi connectivity index (χ4v) is 3.78. The van der Waals surface area contributed by atoms with Crippen LogP contribution in [0.5, 0.6) is 0 Å². The molecule has 1 atom stereocenters. The minimum Gasteiger partial charge on any atom is -0.343 e. The molecule has 2 aliphatic rings. The van der Waals surface area contributed by atoms with Crippen molar-refractivity contribution in [2.24, 2.45) is 0 Å². The molecule has 0 saturated carbocycles. The Morgan fingerprint density at radius 2 is 1.83 bits per heavy atom. The van der Waals surface area contributed by atoms with Crippen LogP contribution in [-0.4, -0.2) is 30.6 Å². The monoisotopic (exact) mass is 322 g/mol. The molecule has 1 fully saturated rings. The Balaban J connectivity index is 1.62. The van der Waals surface area contributed by atoms with Gasteiger partial charge in [0.1, 0.15) is 6.73 Å². The molecule has 0 N–H and O–H groups in total. The van der Waals surface area contributed by atoms with E-state index >= 15 is 0 Å². The largest absolute Gasteiger partial charge is 0.343 e. The molecule has 24 heavy (non-hydrogen) atoms. The van der Waals surface area contributed by atoms with E-state index in [9.17, 15) is 4.79 Å². The maximum absolute atomic E-state index is 13.1. The number of carbonyl (C=O) groups is 1. The number of para-hydroxylation sites is 1. The molecule has 2 aromatic carbocycles. The zero-order valence-electron chi connectivity index (χ0n) is 13.9. The lowest BCUT2D eigenvalue weighted by molar-refractivity contribution is -0.136. The summed E-state index contributed by atoms with van der Waals surface area (Å²) in [7, 11) is 0. The summed E-state index contributed by atoms with van der Waals surface area (Å²) < 4.78 is 6.14. The van der Waals surface area contributed by atoms with Gasteiger partial charge in [0.15, 0.2) is 5.60 Å². The second-order valence-corrected chi connectivity index (χ2v) is 6.55. The third-order valence-corrected chi connectivity index (χ3v) is 4.86. The van der Waals surface area contributed by atoms with E-state index in [2.05, 4.69) is 24.0 Å². The summed E-state index contributed by atoms with van der Waals surface area (Å²) in [6.45, 7) is 4.72. The summed E-state index contributed by atoms with van der Waals surface area (Å²) in [5.41, 5.74) is 2.42. The number of nitrogens with zero attached hydrogens (tertiary/aromatic N) is 2. The van der Waals surface area contributed by atoms with Gasteiger partial charge in [-0.1, -0.05) is 55.5 Å². The molecule has 1 spiro atoms. The zero-order valence-corrected chi connectivity index (χ0v) is 13.9. The van der Waals surface area contributed by atoms with Crippen LogP contribution in [0, 0.1) is 0 Å². The normalized spacial score (nSPS) is 23.2. The summed E-state index contributed by atoms with van der Waals surface area (Å²) >= 11 is 0. The Kier molecular flexibility index (Phi) is 3.87. The first-order valence-corrected chi connectivity index (χ1v) is 8.56. The van der Waals surface area contributed by atoms with E-state index in [1.165, 1.54) is 5.56 Å². The summed E-state index contributed by atoms with van der Waals surface area (Å²) in [6.07, 6.45) is 0.934. The third-order valence-electron chi connectivity index (χ3n) is 4.86. The summed E-state index contributed by atoms with van der Waals surface area (Å²) in [6, 6.07) is 18.4. The second-order valence-electron chi connectivity index (χ2n) is 6.55. The Morgan fingerprint density at radius 1 is 1.08 bits per heavy atom. The first-order chi connectivity index (χ1) is 11.7. The van der Waals surface area contributed by atoms with Crippen molar-refractivity contribution in [1.82, 2.24) is 4.90 Å².